The van der Waals surface area contributed by atoms with Crippen LogP contribution in [0, 0.1) is 0 Å². The van der Waals surface area contributed by atoms with E-state index in [0.717, 1.165) is 5.69 Å². The van der Waals surface area contributed by atoms with Gasteiger partial charge in [-0.05, 0) is 19.4 Å². The summed E-state index contributed by atoms with van der Waals surface area (Å²) < 4.78 is 38.0. The van der Waals surface area contributed by atoms with E-state index in [4.69, 9.17) is 5.11 Å². The lowest BCUT2D eigenvalue weighted by Gasteiger charge is -2.14. The highest BCUT2D eigenvalue weighted by atomic mass is 19.4. The fourth-order valence-electron chi connectivity index (χ4n) is 1.44. The SMILES string of the molecule is CCc1cc(CC(O)C(F)(F)F)n(CC)n1. The first-order valence-corrected chi connectivity index (χ1v) is 5.18. The van der Waals surface area contributed by atoms with Crippen LogP contribution in [0.4, 0.5) is 13.2 Å². The third kappa shape index (κ3) is 2.98. The van der Waals surface area contributed by atoms with Crippen molar-refractivity contribution in [3.8, 4) is 0 Å². The number of aliphatic hydroxyl groups excluding tert-OH is 1. The first-order valence-electron chi connectivity index (χ1n) is 5.18. The Morgan fingerprint density at radius 1 is 1.44 bits per heavy atom. The molecule has 0 radical (unpaired) electrons. The summed E-state index contributed by atoms with van der Waals surface area (Å²) in [6, 6.07) is 1.61. The van der Waals surface area contributed by atoms with Crippen molar-refractivity contribution < 1.29 is 18.3 Å². The Morgan fingerprint density at radius 2 is 2.06 bits per heavy atom. The molecule has 0 saturated carbocycles. The highest BCUT2D eigenvalue weighted by molar-refractivity contribution is 5.11. The second-order valence-corrected chi connectivity index (χ2v) is 3.56. The normalized spacial score (nSPS) is 14.1. The molecule has 0 aromatic carbocycles. The van der Waals surface area contributed by atoms with Gasteiger partial charge in [0.2, 0.25) is 0 Å². The molecule has 16 heavy (non-hydrogen) atoms. The Balaban J connectivity index is 2.83. The molecule has 0 aliphatic carbocycles. The van der Waals surface area contributed by atoms with E-state index in [-0.39, 0.29) is 0 Å². The highest BCUT2D eigenvalue weighted by Gasteiger charge is 2.38. The number of alkyl halides is 3. The van der Waals surface area contributed by atoms with Crippen molar-refractivity contribution in [2.75, 3.05) is 0 Å². The van der Waals surface area contributed by atoms with E-state index in [0.29, 0.717) is 18.7 Å². The summed E-state index contributed by atoms with van der Waals surface area (Å²) in [5, 5.41) is 13.1. The molecule has 3 nitrogen and oxygen atoms in total. The first kappa shape index (κ1) is 13.0. The van der Waals surface area contributed by atoms with E-state index >= 15 is 0 Å². The minimum Gasteiger partial charge on any atom is -0.383 e. The van der Waals surface area contributed by atoms with Gasteiger partial charge < -0.3 is 5.11 Å². The van der Waals surface area contributed by atoms with Crippen LogP contribution in [0.5, 0.6) is 0 Å². The van der Waals surface area contributed by atoms with Crippen molar-refractivity contribution in [2.45, 2.75) is 45.5 Å². The molecule has 0 bridgehead atoms. The summed E-state index contributed by atoms with van der Waals surface area (Å²) >= 11 is 0. The van der Waals surface area contributed by atoms with E-state index in [9.17, 15) is 13.2 Å². The zero-order valence-corrected chi connectivity index (χ0v) is 9.25. The third-order valence-electron chi connectivity index (χ3n) is 2.36. The lowest BCUT2D eigenvalue weighted by molar-refractivity contribution is -0.203. The van der Waals surface area contributed by atoms with Gasteiger partial charge in [0.25, 0.3) is 0 Å². The zero-order valence-electron chi connectivity index (χ0n) is 9.25. The minimum atomic E-state index is -4.57. The zero-order chi connectivity index (χ0) is 12.3. The molecule has 0 amide bonds. The van der Waals surface area contributed by atoms with Gasteiger partial charge in [-0.1, -0.05) is 6.92 Å². The van der Waals surface area contributed by atoms with Crippen LogP contribution >= 0.6 is 0 Å². The molecule has 0 aliphatic heterocycles. The molecule has 1 heterocycles. The van der Waals surface area contributed by atoms with Crippen molar-refractivity contribution >= 4 is 0 Å². The van der Waals surface area contributed by atoms with E-state index in [1.54, 1.807) is 13.0 Å². The molecular formula is C10H15F3N2O. The fraction of sp³-hybridized carbons (Fsp3) is 0.700. The topological polar surface area (TPSA) is 38.0 Å². The maximum absolute atomic E-state index is 12.2. The maximum Gasteiger partial charge on any atom is 0.414 e. The summed E-state index contributed by atoms with van der Waals surface area (Å²) in [6.45, 7) is 4.18. The molecule has 1 N–H and O–H groups in total. The Labute approximate surface area is 91.9 Å². The van der Waals surface area contributed by atoms with E-state index in [1.807, 2.05) is 6.92 Å². The van der Waals surface area contributed by atoms with Crippen molar-refractivity contribution in [1.29, 1.82) is 0 Å². The van der Waals surface area contributed by atoms with E-state index in [2.05, 4.69) is 5.10 Å². The summed E-state index contributed by atoms with van der Waals surface area (Å²) in [4.78, 5) is 0. The average molecular weight is 236 g/mol. The van der Waals surface area contributed by atoms with Crippen molar-refractivity contribution in [3.63, 3.8) is 0 Å². The van der Waals surface area contributed by atoms with Gasteiger partial charge in [-0.15, -0.1) is 0 Å². The highest BCUT2D eigenvalue weighted by Crippen LogP contribution is 2.23. The lowest BCUT2D eigenvalue weighted by Crippen LogP contribution is -2.31. The largest absolute Gasteiger partial charge is 0.414 e. The molecule has 1 aromatic heterocycles. The molecule has 0 spiro atoms. The predicted molar refractivity (Wildman–Crippen MR) is 53.0 cm³/mol. The van der Waals surface area contributed by atoms with Crippen LogP contribution in [0.1, 0.15) is 25.2 Å². The molecule has 1 aromatic rings. The maximum atomic E-state index is 12.2. The molecule has 1 rings (SSSR count). The van der Waals surface area contributed by atoms with Gasteiger partial charge in [0.15, 0.2) is 6.10 Å². The number of hydrogen-bond donors (Lipinski definition) is 1. The second-order valence-electron chi connectivity index (χ2n) is 3.56. The number of aliphatic hydroxyl groups is 1. The number of rotatable bonds is 4. The van der Waals surface area contributed by atoms with Gasteiger partial charge in [-0.3, -0.25) is 4.68 Å². The van der Waals surface area contributed by atoms with Crippen LogP contribution in [0.15, 0.2) is 6.07 Å². The fourth-order valence-corrected chi connectivity index (χ4v) is 1.44. The Kier molecular flexibility index (Phi) is 3.96. The number of aromatic nitrogens is 2. The van der Waals surface area contributed by atoms with Crippen LogP contribution in [-0.4, -0.2) is 27.2 Å². The molecule has 1 atom stereocenters. The summed E-state index contributed by atoms with van der Waals surface area (Å²) in [7, 11) is 0. The van der Waals surface area contributed by atoms with Crippen LogP contribution < -0.4 is 0 Å². The quantitative estimate of drug-likeness (QED) is 0.867. The Bertz CT molecular complexity index is 346. The average Bonchev–Trinajstić information content (AvgIpc) is 2.59. The van der Waals surface area contributed by atoms with Crippen molar-refractivity contribution in [3.05, 3.63) is 17.5 Å². The number of halogens is 3. The summed E-state index contributed by atoms with van der Waals surface area (Å²) in [5.74, 6) is 0. The minimum absolute atomic E-state index is 0.421. The molecule has 0 saturated heterocycles. The standard InChI is InChI=1S/C10H15F3N2O/c1-3-7-5-8(15(4-2)14-7)6-9(16)10(11,12)13/h5,9,16H,3-4,6H2,1-2H3. The molecule has 0 fully saturated rings. The van der Waals surface area contributed by atoms with E-state index < -0.39 is 18.7 Å². The van der Waals surface area contributed by atoms with E-state index in [1.165, 1.54) is 4.68 Å². The van der Waals surface area contributed by atoms with Crippen molar-refractivity contribution in [1.82, 2.24) is 9.78 Å². The smallest absolute Gasteiger partial charge is 0.383 e. The van der Waals surface area contributed by atoms with Crippen LogP contribution in [0.2, 0.25) is 0 Å². The predicted octanol–water partition coefficient (Wildman–Crippen LogP) is 1.93. The van der Waals surface area contributed by atoms with Gasteiger partial charge in [-0.2, -0.15) is 18.3 Å². The molecule has 6 heteroatoms. The van der Waals surface area contributed by atoms with Gasteiger partial charge in [0.1, 0.15) is 0 Å². The van der Waals surface area contributed by atoms with Crippen molar-refractivity contribution in [2.24, 2.45) is 0 Å². The summed E-state index contributed by atoms with van der Waals surface area (Å²) in [5.41, 5.74) is 1.16. The van der Waals surface area contributed by atoms with Gasteiger partial charge in [-0.25, -0.2) is 0 Å². The van der Waals surface area contributed by atoms with Gasteiger partial charge >= 0.3 is 6.18 Å². The Hall–Kier alpha value is -1.04. The monoisotopic (exact) mass is 236 g/mol. The summed E-state index contributed by atoms with van der Waals surface area (Å²) in [6.07, 6.45) is -6.67. The third-order valence-corrected chi connectivity index (χ3v) is 2.36. The molecular weight excluding hydrogens is 221 g/mol. The number of nitrogens with zero attached hydrogens (tertiary/aromatic N) is 2. The molecule has 1 unspecified atom stereocenters. The lowest BCUT2D eigenvalue weighted by atomic mass is 10.1. The molecule has 0 aliphatic rings. The second kappa shape index (κ2) is 4.86. The number of hydrogen-bond acceptors (Lipinski definition) is 2. The van der Waals surface area contributed by atoms with Crippen LogP contribution in [0.3, 0.4) is 0 Å². The number of aryl methyl sites for hydroxylation is 2. The Morgan fingerprint density at radius 3 is 2.50 bits per heavy atom. The van der Waals surface area contributed by atoms with Gasteiger partial charge in [0, 0.05) is 18.7 Å². The molecule has 92 valence electrons. The van der Waals surface area contributed by atoms with Crippen LogP contribution in [0.25, 0.3) is 0 Å². The van der Waals surface area contributed by atoms with Crippen LogP contribution in [-0.2, 0) is 19.4 Å². The van der Waals surface area contributed by atoms with Gasteiger partial charge in [0.05, 0.1) is 5.69 Å². The first-order chi connectivity index (χ1) is 7.38.